The predicted molar refractivity (Wildman–Crippen MR) is 178 cm³/mol. The highest BCUT2D eigenvalue weighted by Gasteiger charge is 2.28. The van der Waals surface area contributed by atoms with Crippen LogP contribution in [0.15, 0.2) is 66.7 Å². The molecule has 0 saturated carbocycles. The minimum absolute atomic E-state index is 0.131. The number of nitrogens with zero attached hydrogens (tertiary/aromatic N) is 2. The predicted octanol–water partition coefficient (Wildman–Crippen LogP) is 7.71. The number of carbonyl (C=O) groups is 2. The van der Waals surface area contributed by atoms with E-state index in [0.717, 1.165) is 82.3 Å². The molecule has 7 nitrogen and oxygen atoms in total. The Balaban J connectivity index is 1.38. The Hall–Kier alpha value is -3.71. The molecule has 242 valence electrons. The number of hydrogen-bond acceptors (Lipinski definition) is 7. The fourth-order valence-corrected chi connectivity index (χ4v) is 6.12. The van der Waals surface area contributed by atoms with Crippen molar-refractivity contribution in [1.29, 1.82) is 0 Å². The number of para-hydroxylation sites is 1. The van der Waals surface area contributed by atoms with E-state index in [0.29, 0.717) is 31.9 Å². The Morgan fingerprint density at radius 3 is 2.44 bits per heavy atom. The molecule has 1 heterocycles. The van der Waals surface area contributed by atoms with Crippen LogP contribution in [-0.2, 0) is 33.5 Å². The van der Waals surface area contributed by atoms with Crippen molar-refractivity contribution in [1.82, 2.24) is 9.88 Å². The maximum atomic E-state index is 12.4. The number of rotatable bonds is 19. The number of benzene rings is 2. The Morgan fingerprint density at radius 1 is 0.822 bits per heavy atom. The zero-order chi connectivity index (χ0) is 31.7. The van der Waals surface area contributed by atoms with Gasteiger partial charge in [0.05, 0.1) is 19.8 Å². The van der Waals surface area contributed by atoms with Gasteiger partial charge in [0.25, 0.3) is 0 Å². The molecule has 1 atom stereocenters. The van der Waals surface area contributed by atoms with E-state index in [2.05, 4.69) is 59.5 Å². The molecule has 0 spiro atoms. The largest absolute Gasteiger partial charge is 0.493 e. The van der Waals surface area contributed by atoms with E-state index in [1.807, 2.05) is 19.9 Å². The first-order valence-electron chi connectivity index (χ1n) is 16.9. The van der Waals surface area contributed by atoms with Crippen LogP contribution in [-0.4, -0.2) is 54.7 Å². The summed E-state index contributed by atoms with van der Waals surface area (Å²) in [6.45, 7) is 6.85. The smallest absolute Gasteiger partial charge is 0.356 e. The van der Waals surface area contributed by atoms with Gasteiger partial charge in [-0.25, -0.2) is 9.78 Å². The first-order valence-corrected chi connectivity index (χ1v) is 16.9. The number of aromatic nitrogens is 1. The molecule has 1 unspecified atom stereocenters. The highest BCUT2D eigenvalue weighted by atomic mass is 16.5. The summed E-state index contributed by atoms with van der Waals surface area (Å²) in [5, 5.41) is 0. The number of unbranched alkanes of at least 4 members (excludes halogenated alkanes) is 3. The summed E-state index contributed by atoms with van der Waals surface area (Å²) in [4.78, 5) is 31.6. The Kier molecular flexibility index (Phi) is 14.4. The first kappa shape index (κ1) is 34.2. The lowest BCUT2D eigenvalue weighted by Crippen LogP contribution is -2.34. The van der Waals surface area contributed by atoms with Crippen molar-refractivity contribution in [2.45, 2.75) is 90.5 Å². The Morgan fingerprint density at radius 2 is 1.62 bits per heavy atom. The van der Waals surface area contributed by atoms with Gasteiger partial charge in [-0.1, -0.05) is 54.6 Å². The van der Waals surface area contributed by atoms with Crippen LogP contribution in [0.1, 0.15) is 104 Å². The highest BCUT2D eigenvalue weighted by Crippen LogP contribution is 2.34. The van der Waals surface area contributed by atoms with Gasteiger partial charge in [0, 0.05) is 24.7 Å². The van der Waals surface area contributed by atoms with E-state index >= 15 is 0 Å². The molecule has 0 saturated heterocycles. The van der Waals surface area contributed by atoms with Crippen molar-refractivity contribution in [3.05, 3.63) is 94.8 Å². The summed E-state index contributed by atoms with van der Waals surface area (Å²) in [5.41, 5.74) is 5.17. The second-order valence-electron chi connectivity index (χ2n) is 11.7. The van der Waals surface area contributed by atoms with Gasteiger partial charge >= 0.3 is 11.9 Å². The topological polar surface area (TPSA) is 78.0 Å². The molecule has 7 heteroatoms. The molecule has 1 aliphatic carbocycles. The number of fused-ring (bicyclic) bond motifs is 1. The van der Waals surface area contributed by atoms with Gasteiger partial charge < -0.3 is 14.2 Å². The lowest BCUT2D eigenvalue weighted by atomic mass is 9.89. The lowest BCUT2D eigenvalue weighted by molar-refractivity contribution is -0.143. The average Bonchev–Trinajstić information content (AvgIpc) is 3.06. The summed E-state index contributed by atoms with van der Waals surface area (Å²) in [6.07, 6.45) is 10.4. The molecular weight excluding hydrogens is 564 g/mol. The van der Waals surface area contributed by atoms with Crippen molar-refractivity contribution >= 4 is 11.9 Å². The maximum Gasteiger partial charge on any atom is 0.356 e. The van der Waals surface area contributed by atoms with Crippen LogP contribution in [0.2, 0.25) is 0 Å². The molecular formula is C38H50N2O5. The number of aryl methyl sites for hydroxylation is 2. The number of pyridine rings is 1. The van der Waals surface area contributed by atoms with Gasteiger partial charge in [-0.2, -0.15) is 0 Å². The van der Waals surface area contributed by atoms with Crippen molar-refractivity contribution in [2.75, 3.05) is 32.9 Å². The van der Waals surface area contributed by atoms with Gasteiger partial charge in [0.2, 0.25) is 0 Å². The quantitative estimate of drug-likeness (QED) is 0.101. The zero-order valence-electron chi connectivity index (χ0n) is 27.2. The van der Waals surface area contributed by atoms with E-state index in [1.165, 1.54) is 23.1 Å². The van der Waals surface area contributed by atoms with Gasteiger partial charge in [-0.05, 0) is 113 Å². The SMILES string of the molecule is CCOC(=O)CCCCN(CCc1ccccc1OCCCCCc1ccccc1)C1CCCc2nc(C(=O)OCC)ccc21. The minimum atomic E-state index is -0.369. The van der Waals surface area contributed by atoms with Gasteiger partial charge in [0.15, 0.2) is 0 Å². The molecule has 45 heavy (non-hydrogen) atoms. The summed E-state index contributed by atoms with van der Waals surface area (Å²) in [6, 6.07) is 23.1. The van der Waals surface area contributed by atoms with Crippen LogP contribution in [0.5, 0.6) is 5.75 Å². The standard InChI is InChI=1S/C38H50N2O5/c1-3-43-37(41)23-12-13-27-40(35-21-15-20-33-32(35)24-25-34(39-33)38(42)44-4-2)28-26-31-19-10-11-22-36(31)45-29-14-6-9-18-30-16-7-5-8-17-30/h5,7-8,10-11,16-17,19,22,24-25,35H,3-4,6,9,12-15,18,20-21,23,26-29H2,1-2H3. The van der Waals surface area contributed by atoms with Gasteiger partial charge in [-0.3, -0.25) is 9.69 Å². The normalized spacial score (nSPS) is 14.2. The van der Waals surface area contributed by atoms with Crippen molar-refractivity contribution in [3.8, 4) is 5.75 Å². The molecule has 0 N–H and O–H groups in total. The van der Waals surface area contributed by atoms with Crippen LogP contribution >= 0.6 is 0 Å². The van der Waals surface area contributed by atoms with Crippen LogP contribution in [0.3, 0.4) is 0 Å². The van der Waals surface area contributed by atoms with Crippen LogP contribution < -0.4 is 4.74 Å². The van der Waals surface area contributed by atoms with Gasteiger partial charge in [-0.15, -0.1) is 0 Å². The summed E-state index contributed by atoms with van der Waals surface area (Å²) < 4.78 is 16.6. The van der Waals surface area contributed by atoms with Crippen LogP contribution in [0.4, 0.5) is 0 Å². The summed E-state index contributed by atoms with van der Waals surface area (Å²) in [5.74, 6) is 0.465. The molecule has 4 rings (SSSR count). The van der Waals surface area contributed by atoms with Crippen molar-refractivity contribution < 1.29 is 23.8 Å². The molecule has 0 aliphatic heterocycles. The number of ether oxygens (including phenoxy) is 3. The van der Waals surface area contributed by atoms with Crippen LogP contribution in [0.25, 0.3) is 0 Å². The highest BCUT2D eigenvalue weighted by molar-refractivity contribution is 5.87. The molecule has 1 aromatic heterocycles. The second-order valence-corrected chi connectivity index (χ2v) is 11.7. The van der Waals surface area contributed by atoms with E-state index in [1.54, 1.807) is 6.07 Å². The summed E-state index contributed by atoms with van der Waals surface area (Å²) in [7, 11) is 0. The lowest BCUT2D eigenvalue weighted by Gasteiger charge is -2.36. The molecule has 1 aliphatic rings. The molecule has 3 aromatic rings. The molecule has 0 amide bonds. The number of esters is 2. The maximum absolute atomic E-state index is 12.4. The van der Waals surface area contributed by atoms with E-state index in [9.17, 15) is 9.59 Å². The molecule has 0 fully saturated rings. The third-order valence-electron chi connectivity index (χ3n) is 8.42. The third kappa shape index (κ3) is 11.0. The second kappa shape index (κ2) is 18.9. The van der Waals surface area contributed by atoms with E-state index in [-0.39, 0.29) is 18.0 Å². The van der Waals surface area contributed by atoms with Crippen LogP contribution in [0, 0.1) is 0 Å². The monoisotopic (exact) mass is 614 g/mol. The number of carbonyl (C=O) groups excluding carboxylic acids is 2. The van der Waals surface area contributed by atoms with Gasteiger partial charge in [0.1, 0.15) is 11.4 Å². The fourth-order valence-electron chi connectivity index (χ4n) is 6.12. The number of hydrogen-bond donors (Lipinski definition) is 0. The van der Waals surface area contributed by atoms with Crippen molar-refractivity contribution in [3.63, 3.8) is 0 Å². The minimum Gasteiger partial charge on any atom is -0.493 e. The first-order chi connectivity index (χ1) is 22.1. The molecule has 0 bridgehead atoms. The van der Waals surface area contributed by atoms with E-state index < -0.39 is 0 Å². The third-order valence-corrected chi connectivity index (χ3v) is 8.42. The summed E-state index contributed by atoms with van der Waals surface area (Å²) >= 11 is 0. The Labute approximate surface area is 269 Å². The molecule has 2 aromatic carbocycles. The fraction of sp³-hybridized carbons (Fsp3) is 0.500. The molecule has 0 radical (unpaired) electrons. The van der Waals surface area contributed by atoms with Crippen molar-refractivity contribution in [2.24, 2.45) is 0 Å². The Bertz CT molecular complexity index is 1330. The van der Waals surface area contributed by atoms with E-state index in [4.69, 9.17) is 19.2 Å². The average molecular weight is 615 g/mol. The zero-order valence-corrected chi connectivity index (χ0v) is 27.2.